The van der Waals surface area contributed by atoms with Gasteiger partial charge in [-0.3, -0.25) is 14.4 Å². The van der Waals surface area contributed by atoms with Crippen molar-refractivity contribution in [3.8, 4) is 5.88 Å². The molecule has 4 aromatic rings. The summed E-state index contributed by atoms with van der Waals surface area (Å²) in [5.74, 6) is -0.418. The maximum absolute atomic E-state index is 13.0. The van der Waals surface area contributed by atoms with Gasteiger partial charge in [0.2, 0.25) is 17.6 Å². The fraction of sp³-hybridized carbons (Fsp3) is 0.312. The number of ether oxygens (including phenoxy) is 2. The van der Waals surface area contributed by atoms with E-state index in [1.54, 1.807) is 73.7 Å². The van der Waals surface area contributed by atoms with E-state index in [0.717, 1.165) is 16.1 Å². The number of Topliss-reactive ketones (excluding diaryl/α,β-unsaturated/α-hetero) is 1. The summed E-state index contributed by atoms with van der Waals surface area (Å²) in [5, 5.41) is 6.97. The second-order valence-electron chi connectivity index (χ2n) is 9.95. The van der Waals surface area contributed by atoms with Crippen LogP contribution in [0.4, 0.5) is 5.69 Å². The van der Waals surface area contributed by atoms with Gasteiger partial charge in [0.25, 0.3) is 0 Å². The molecule has 0 radical (unpaired) electrons. The number of amides is 1. The largest absolute Gasteiger partial charge is 0.469 e. The molecule has 8 nitrogen and oxygen atoms in total. The molecule has 0 saturated carbocycles. The van der Waals surface area contributed by atoms with Crippen molar-refractivity contribution >= 4 is 69.3 Å². The molecule has 234 valence electrons. The zero-order valence-electron chi connectivity index (χ0n) is 25.3. The summed E-state index contributed by atoms with van der Waals surface area (Å²) in [7, 11) is 3.28. The molecule has 4 rings (SSSR count). The third-order valence-electron chi connectivity index (χ3n) is 6.60. The lowest BCUT2D eigenvalue weighted by molar-refractivity contribution is -0.116. The molecule has 0 aliphatic carbocycles. The van der Waals surface area contributed by atoms with Crippen molar-refractivity contribution in [2.24, 2.45) is 7.05 Å². The second kappa shape index (κ2) is 16.2. The van der Waals surface area contributed by atoms with Crippen molar-refractivity contribution in [3.05, 3.63) is 96.8 Å². The Morgan fingerprint density at radius 2 is 1.75 bits per heavy atom. The Balaban J connectivity index is 0.000000269. The summed E-state index contributed by atoms with van der Waals surface area (Å²) in [6, 6.07) is 13.4. The van der Waals surface area contributed by atoms with Crippen LogP contribution in [0.15, 0.2) is 53.9 Å². The highest BCUT2D eigenvalue weighted by Gasteiger charge is 2.26. The van der Waals surface area contributed by atoms with Crippen LogP contribution in [-0.2, 0) is 16.6 Å². The Bertz CT molecular complexity index is 1600. The molecule has 0 aliphatic rings. The fourth-order valence-corrected chi connectivity index (χ4v) is 6.07. The van der Waals surface area contributed by atoms with Crippen LogP contribution in [0.5, 0.6) is 5.88 Å². The van der Waals surface area contributed by atoms with Crippen molar-refractivity contribution in [1.82, 2.24) is 9.78 Å². The van der Waals surface area contributed by atoms with Crippen LogP contribution < -0.4 is 9.64 Å². The summed E-state index contributed by atoms with van der Waals surface area (Å²) in [6.45, 7) is 7.97. The fourth-order valence-electron chi connectivity index (χ4n) is 4.61. The first-order valence-corrected chi connectivity index (χ1v) is 15.7. The summed E-state index contributed by atoms with van der Waals surface area (Å²) < 4.78 is 12.2. The molecule has 0 fully saturated rings. The molecule has 0 spiro atoms. The highest BCUT2D eigenvalue weighted by Crippen LogP contribution is 2.32. The van der Waals surface area contributed by atoms with E-state index in [0.29, 0.717) is 22.9 Å². The van der Waals surface area contributed by atoms with Gasteiger partial charge in [-0.2, -0.15) is 5.10 Å². The Morgan fingerprint density at radius 3 is 2.32 bits per heavy atom. The Hall–Kier alpha value is -3.21. The van der Waals surface area contributed by atoms with Gasteiger partial charge in [0.05, 0.1) is 29.1 Å². The second-order valence-corrected chi connectivity index (χ2v) is 12.1. The van der Waals surface area contributed by atoms with E-state index in [2.05, 4.69) is 10.5 Å². The quantitative estimate of drug-likeness (QED) is 0.121. The van der Waals surface area contributed by atoms with E-state index in [4.69, 9.17) is 44.3 Å². The topological polar surface area (TPSA) is 90.7 Å². The number of methoxy groups -OCH3 is 1. The lowest BCUT2D eigenvalue weighted by atomic mass is 10.0. The number of anilines is 1. The van der Waals surface area contributed by atoms with Gasteiger partial charge in [-0.15, -0.1) is 22.9 Å². The molecule has 1 unspecified atom stereocenters. The van der Waals surface area contributed by atoms with Crippen molar-refractivity contribution in [1.29, 1.82) is 0 Å². The van der Waals surface area contributed by atoms with E-state index in [1.165, 1.54) is 10.7 Å². The van der Waals surface area contributed by atoms with Crippen LogP contribution in [0, 0.1) is 20.8 Å². The highest BCUT2D eigenvalue weighted by molar-refractivity contribution is 7.10. The maximum Gasteiger partial charge on any atom is 0.242 e. The lowest BCUT2D eigenvalue weighted by Gasteiger charge is -2.29. The Labute approximate surface area is 276 Å². The van der Waals surface area contributed by atoms with E-state index in [9.17, 15) is 14.4 Å². The average molecular weight is 679 g/mol. The number of aryl methyl sites for hydroxylation is 4. The molecule has 0 aliphatic heterocycles. The number of alkyl halides is 1. The minimum absolute atomic E-state index is 0.0111. The summed E-state index contributed by atoms with van der Waals surface area (Å²) >= 11 is 19.4. The third-order valence-corrected chi connectivity index (χ3v) is 8.39. The molecule has 44 heavy (non-hydrogen) atoms. The monoisotopic (exact) mass is 677 g/mol. The van der Waals surface area contributed by atoms with E-state index >= 15 is 0 Å². The number of ketones is 2. The minimum atomic E-state index is -0.343. The van der Waals surface area contributed by atoms with Crippen molar-refractivity contribution in [3.63, 3.8) is 0 Å². The van der Waals surface area contributed by atoms with Gasteiger partial charge in [-0.05, 0) is 56.8 Å². The molecular weight excluding hydrogens is 645 g/mol. The molecule has 0 N–H and O–H groups in total. The van der Waals surface area contributed by atoms with Crippen LogP contribution in [0.3, 0.4) is 0 Å². The molecule has 0 bridgehead atoms. The predicted molar refractivity (Wildman–Crippen MR) is 177 cm³/mol. The molecule has 2 aromatic carbocycles. The number of carbonyl (C=O) groups is 3. The highest BCUT2D eigenvalue weighted by atomic mass is 35.5. The van der Waals surface area contributed by atoms with E-state index in [-0.39, 0.29) is 58.0 Å². The number of benzene rings is 2. The number of hydrogen-bond acceptors (Lipinski definition) is 7. The van der Waals surface area contributed by atoms with Crippen molar-refractivity contribution in [2.75, 3.05) is 31.1 Å². The molecule has 2 heterocycles. The Morgan fingerprint density at radius 1 is 1.07 bits per heavy atom. The van der Waals surface area contributed by atoms with Gasteiger partial charge < -0.3 is 14.4 Å². The summed E-state index contributed by atoms with van der Waals surface area (Å²) in [4.78, 5) is 40.2. The zero-order valence-corrected chi connectivity index (χ0v) is 28.4. The first kappa shape index (κ1) is 35.3. The van der Waals surface area contributed by atoms with Gasteiger partial charge >= 0.3 is 0 Å². The van der Waals surface area contributed by atoms with Crippen molar-refractivity contribution in [2.45, 2.75) is 33.7 Å². The molecular formula is C32H34Cl3N3O5S. The summed E-state index contributed by atoms with van der Waals surface area (Å²) in [6.07, 6.45) is 0. The van der Waals surface area contributed by atoms with Crippen LogP contribution in [0.25, 0.3) is 0 Å². The van der Waals surface area contributed by atoms with E-state index < -0.39 is 0 Å². The molecule has 2 aromatic heterocycles. The molecule has 0 saturated heterocycles. The Kier molecular flexibility index (Phi) is 13.0. The van der Waals surface area contributed by atoms with Gasteiger partial charge in [0.1, 0.15) is 11.4 Å². The molecule has 1 atom stereocenters. The van der Waals surface area contributed by atoms with Gasteiger partial charge in [0.15, 0.2) is 12.4 Å². The predicted octanol–water partition coefficient (Wildman–Crippen LogP) is 7.50. The van der Waals surface area contributed by atoms with Gasteiger partial charge in [-0.25, -0.2) is 4.68 Å². The average Bonchev–Trinajstić information content (AvgIpc) is 3.47. The molecule has 12 heteroatoms. The number of carbonyl (C=O) groups excluding carboxylic acids is 3. The molecule has 1 amide bonds. The smallest absolute Gasteiger partial charge is 0.242 e. The summed E-state index contributed by atoms with van der Waals surface area (Å²) in [5.41, 5.74) is 3.65. The van der Waals surface area contributed by atoms with Crippen LogP contribution in [-0.4, -0.2) is 59.5 Å². The SMILES string of the molecule is COCC(C)N(C(=O)CCl)c1c(C)csc1C.Cc1nn(C)c(OCC(=O)c2ccccc2)c1C(=O)c1ccc(Cl)cc1Cl. The number of rotatable bonds is 11. The van der Waals surface area contributed by atoms with Gasteiger partial charge in [0, 0.05) is 35.2 Å². The minimum Gasteiger partial charge on any atom is -0.469 e. The zero-order chi connectivity index (χ0) is 32.6. The van der Waals surface area contributed by atoms with Crippen LogP contribution >= 0.6 is 46.1 Å². The first-order chi connectivity index (χ1) is 20.9. The van der Waals surface area contributed by atoms with Crippen LogP contribution in [0.2, 0.25) is 10.0 Å². The normalized spacial score (nSPS) is 11.4. The number of thiophene rings is 1. The third kappa shape index (κ3) is 8.49. The number of nitrogens with zero attached hydrogens (tertiary/aromatic N) is 3. The lowest BCUT2D eigenvalue weighted by Crippen LogP contribution is -2.42. The van der Waals surface area contributed by atoms with E-state index in [1.807, 2.05) is 26.8 Å². The van der Waals surface area contributed by atoms with Gasteiger partial charge in [-0.1, -0.05) is 53.5 Å². The first-order valence-electron chi connectivity index (χ1n) is 13.6. The number of aromatic nitrogens is 2. The standard InChI is InChI=1S/C20H16Cl2N2O3.C12H18ClNO2S/c1-12-18(19(26)15-9-8-14(21)10-16(15)22)20(24(2)23-12)27-11-17(25)13-6-4-3-5-7-13;1-8-7-17-10(3)12(8)14(11(15)5-13)9(2)6-16-4/h3-10H,11H2,1-2H3;7,9H,5-6H2,1-4H3. The number of halogens is 3. The number of hydrogen-bond donors (Lipinski definition) is 0. The maximum atomic E-state index is 13.0. The van der Waals surface area contributed by atoms with Crippen molar-refractivity contribution < 1.29 is 23.9 Å². The van der Waals surface area contributed by atoms with Crippen LogP contribution in [0.1, 0.15) is 49.3 Å².